The van der Waals surface area contributed by atoms with Gasteiger partial charge in [-0.15, -0.1) is 0 Å². The van der Waals surface area contributed by atoms with Crippen LogP contribution in [0.5, 0.6) is 0 Å². The van der Waals surface area contributed by atoms with Crippen LogP contribution in [0.25, 0.3) is 10.9 Å². The van der Waals surface area contributed by atoms with Crippen molar-refractivity contribution >= 4 is 34.5 Å². The molecule has 0 N–H and O–H groups in total. The zero-order valence-corrected chi connectivity index (χ0v) is 18.7. The summed E-state index contributed by atoms with van der Waals surface area (Å²) < 4.78 is 5.30. The molecule has 2 fully saturated rings. The van der Waals surface area contributed by atoms with Gasteiger partial charge < -0.3 is 14.5 Å². The van der Waals surface area contributed by atoms with Gasteiger partial charge in [0.2, 0.25) is 0 Å². The standard InChI is InChI=1S/C24H28ClN3O3/c1-2-11-31-24(30)27-13-16-8-9-17(14-27)28(16)23(29)15-7-10-19-21(12-15)26-20-6-4-3-5-18(20)22(19)25/h7,10,12,16-17H,2-6,8-9,11,13-14H2,1H3. The van der Waals surface area contributed by atoms with Crippen molar-refractivity contribution in [3.63, 3.8) is 0 Å². The predicted octanol–water partition coefficient (Wildman–Crippen LogP) is 4.60. The van der Waals surface area contributed by atoms with Gasteiger partial charge in [0.1, 0.15) is 0 Å². The Morgan fingerprint density at radius 2 is 1.90 bits per heavy atom. The molecule has 0 spiro atoms. The summed E-state index contributed by atoms with van der Waals surface area (Å²) >= 11 is 6.69. The number of carbonyl (C=O) groups is 2. The molecule has 2 aliphatic heterocycles. The highest BCUT2D eigenvalue weighted by Gasteiger charge is 2.44. The van der Waals surface area contributed by atoms with E-state index in [1.165, 1.54) is 5.56 Å². The van der Waals surface area contributed by atoms with Crippen LogP contribution in [0.1, 0.15) is 60.6 Å². The van der Waals surface area contributed by atoms with Gasteiger partial charge >= 0.3 is 6.09 Å². The number of likely N-dealkylation sites (tertiary alicyclic amines) is 1. The third-order valence-electron chi connectivity index (χ3n) is 6.84. The molecular weight excluding hydrogens is 414 g/mol. The van der Waals surface area contributed by atoms with E-state index in [-0.39, 0.29) is 24.1 Å². The maximum absolute atomic E-state index is 13.5. The number of benzene rings is 1. The second-order valence-electron chi connectivity index (χ2n) is 8.91. The molecule has 3 heterocycles. The molecule has 2 aromatic rings. The molecule has 2 unspecified atom stereocenters. The molecule has 1 aliphatic carbocycles. The van der Waals surface area contributed by atoms with Crippen LogP contribution in [0, 0.1) is 0 Å². The number of aromatic nitrogens is 1. The van der Waals surface area contributed by atoms with Crippen molar-refractivity contribution in [2.75, 3.05) is 19.7 Å². The molecule has 0 radical (unpaired) electrons. The van der Waals surface area contributed by atoms with Crippen molar-refractivity contribution in [3.05, 3.63) is 40.0 Å². The summed E-state index contributed by atoms with van der Waals surface area (Å²) in [5.74, 6) is 0.0200. The number of hydrogen-bond acceptors (Lipinski definition) is 4. The van der Waals surface area contributed by atoms with Gasteiger partial charge in [-0.3, -0.25) is 9.78 Å². The fourth-order valence-corrected chi connectivity index (χ4v) is 5.68. The Hall–Kier alpha value is -2.34. The summed E-state index contributed by atoms with van der Waals surface area (Å²) in [6, 6.07) is 5.77. The Kier molecular flexibility index (Phi) is 5.51. The Morgan fingerprint density at radius 1 is 1.16 bits per heavy atom. The van der Waals surface area contributed by atoms with Gasteiger partial charge in [0, 0.05) is 29.7 Å². The molecule has 1 aromatic heterocycles. The van der Waals surface area contributed by atoms with Gasteiger partial charge in [-0.1, -0.05) is 24.6 Å². The van der Waals surface area contributed by atoms with Crippen molar-refractivity contribution in [3.8, 4) is 0 Å². The Labute approximate surface area is 187 Å². The molecule has 5 rings (SSSR count). The lowest BCUT2D eigenvalue weighted by Gasteiger charge is -2.40. The van der Waals surface area contributed by atoms with Gasteiger partial charge in [-0.05, 0) is 62.6 Å². The van der Waals surface area contributed by atoms with E-state index in [9.17, 15) is 9.59 Å². The van der Waals surface area contributed by atoms with Crippen molar-refractivity contribution in [2.24, 2.45) is 0 Å². The minimum atomic E-state index is -0.264. The van der Waals surface area contributed by atoms with Crippen LogP contribution in [-0.4, -0.2) is 58.6 Å². The van der Waals surface area contributed by atoms with E-state index >= 15 is 0 Å². The highest BCUT2D eigenvalue weighted by atomic mass is 35.5. The second-order valence-corrected chi connectivity index (χ2v) is 9.28. The lowest BCUT2D eigenvalue weighted by Crippen LogP contribution is -2.57. The fourth-order valence-electron chi connectivity index (χ4n) is 5.31. The maximum Gasteiger partial charge on any atom is 0.409 e. The van der Waals surface area contributed by atoms with Crippen molar-refractivity contribution in [1.82, 2.24) is 14.8 Å². The summed E-state index contributed by atoms with van der Waals surface area (Å²) in [4.78, 5) is 34.3. The smallest absolute Gasteiger partial charge is 0.409 e. The molecule has 1 aromatic carbocycles. The molecule has 2 bridgehead atoms. The third kappa shape index (κ3) is 3.65. The number of fused-ring (bicyclic) bond motifs is 4. The molecule has 0 saturated carbocycles. The van der Waals surface area contributed by atoms with Crippen LogP contribution in [-0.2, 0) is 17.6 Å². The van der Waals surface area contributed by atoms with E-state index in [1.807, 2.05) is 30.0 Å². The van der Waals surface area contributed by atoms with E-state index in [2.05, 4.69) is 0 Å². The van der Waals surface area contributed by atoms with Crippen LogP contribution in [0.4, 0.5) is 4.79 Å². The van der Waals surface area contributed by atoms with Crippen molar-refractivity contribution in [1.29, 1.82) is 0 Å². The molecular formula is C24H28ClN3O3. The number of pyridine rings is 1. The molecule has 7 heteroatoms. The van der Waals surface area contributed by atoms with Gasteiger partial charge in [-0.2, -0.15) is 0 Å². The predicted molar refractivity (Wildman–Crippen MR) is 120 cm³/mol. The summed E-state index contributed by atoms with van der Waals surface area (Å²) in [7, 11) is 0. The van der Waals surface area contributed by atoms with E-state index in [1.54, 1.807) is 4.90 Å². The highest BCUT2D eigenvalue weighted by molar-refractivity contribution is 6.36. The average molecular weight is 442 g/mol. The molecule has 164 valence electrons. The van der Waals surface area contributed by atoms with Crippen molar-refractivity contribution in [2.45, 2.75) is 64.0 Å². The van der Waals surface area contributed by atoms with Gasteiger partial charge in [0.15, 0.2) is 0 Å². The van der Waals surface area contributed by atoms with Gasteiger partial charge in [-0.25, -0.2) is 4.79 Å². The van der Waals surface area contributed by atoms with Crippen LogP contribution < -0.4 is 0 Å². The van der Waals surface area contributed by atoms with E-state index in [4.69, 9.17) is 21.3 Å². The average Bonchev–Trinajstić information content (AvgIpc) is 3.05. The number of carbonyl (C=O) groups excluding carboxylic acids is 2. The maximum atomic E-state index is 13.5. The van der Waals surface area contributed by atoms with E-state index in [0.717, 1.165) is 66.6 Å². The Balaban J connectivity index is 1.39. The van der Waals surface area contributed by atoms with Crippen molar-refractivity contribution < 1.29 is 14.3 Å². The van der Waals surface area contributed by atoms with Crippen LogP contribution >= 0.6 is 11.6 Å². The van der Waals surface area contributed by atoms with Gasteiger partial charge in [0.05, 0.1) is 29.2 Å². The molecule has 2 amide bonds. The summed E-state index contributed by atoms with van der Waals surface area (Å²) in [5.41, 5.74) is 3.69. The molecule has 3 aliphatic rings. The number of ether oxygens (including phenoxy) is 1. The number of halogens is 1. The Bertz CT molecular complexity index is 1030. The minimum absolute atomic E-state index is 0.0200. The SMILES string of the molecule is CCCOC(=O)N1CC2CCC(C1)N2C(=O)c1ccc2c(Cl)c3c(nc2c1)CCCC3. The van der Waals surface area contributed by atoms with Crippen LogP contribution in [0.15, 0.2) is 18.2 Å². The monoisotopic (exact) mass is 441 g/mol. The molecule has 2 saturated heterocycles. The number of rotatable bonds is 3. The third-order valence-corrected chi connectivity index (χ3v) is 7.28. The van der Waals surface area contributed by atoms with Crippen LogP contribution in [0.2, 0.25) is 5.02 Å². The fraction of sp³-hybridized carbons (Fsp3) is 0.542. The molecule has 31 heavy (non-hydrogen) atoms. The first-order valence-corrected chi connectivity index (χ1v) is 11.8. The quantitative estimate of drug-likeness (QED) is 0.698. The minimum Gasteiger partial charge on any atom is -0.449 e. The number of amides is 2. The van der Waals surface area contributed by atoms with E-state index < -0.39 is 0 Å². The van der Waals surface area contributed by atoms with E-state index in [0.29, 0.717) is 25.3 Å². The number of aryl methyl sites for hydroxylation is 1. The normalized spacial score (nSPS) is 22.5. The summed E-state index contributed by atoms with van der Waals surface area (Å²) in [6.45, 7) is 3.49. The molecule has 6 nitrogen and oxygen atoms in total. The zero-order valence-electron chi connectivity index (χ0n) is 17.9. The number of hydrogen-bond donors (Lipinski definition) is 0. The first kappa shape index (κ1) is 20.6. The lowest BCUT2D eigenvalue weighted by atomic mass is 9.94. The first-order valence-electron chi connectivity index (χ1n) is 11.4. The highest BCUT2D eigenvalue weighted by Crippen LogP contribution is 2.35. The van der Waals surface area contributed by atoms with Gasteiger partial charge in [0.25, 0.3) is 5.91 Å². The zero-order chi connectivity index (χ0) is 21.5. The largest absolute Gasteiger partial charge is 0.449 e. The van der Waals surface area contributed by atoms with Crippen LogP contribution in [0.3, 0.4) is 0 Å². The summed E-state index contributed by atoms with van der Waals surface area (Å²) in [6.07, 6.45) is 6.58. The lowest BCUT2D eigenvalue weighted by molar-refractivity contribution is 0.0350. The number of nitrogens with zero attached hydrogens (tertiary/aromatic N) is 3. The topological polar surface area (TPSA) is 62.7 Å². The summed E-state index contributed by atoms with van der Waals surface area (Å²) in [5, 5.41) is 1.71. The number of piperazine rings is 1. The second kappa shape index (κ2) is 8.30. The first-order chi connectivity index (χ1) is 15.1. The molecule has 2 atom stereocenters. The Morgan fingerprint density at radius 3 is 2.65 bits per heavy atom.